The van der Waals surface area contributed by atoms with Crippen LogP contribution in [0.15, 0.2) is 16.7 Å². The van der Waals surface area contributed by atoms with Crippen LogP contribution in [0.25, 0.3) is 11.0 Å². The van der Waals surface area contributed by atoms with E-state index in [9.17, 15) is 9.18 Å². The molecular weight excluding hydrogens is 302 g/mol. The minimum Gasteiger partial charge on any atom is -0.452 e. The minimum absolute atomic E-state index is 0.0271. The number of carbonyl (C=O) groups is 1. The second-order valence-electron chi connectivity index (χ2n) is 2.94. The molecule has 4 nitrogen and oxygen atoms in total. The van der Waals surface area contributed by atoms with Crippen molar-refractivity contribution in [1.29, 1.82) is 0 Å². The Labute approximate surface area is 103 Å². The molecule has 0 spiro atoms. The summed E-state index contributed by atoms with van der Waals surface area (Å²) >= 11 is 8.76. The number of carbonyl (C=O) groups excluding carboxylic acids is 1. The van der Waals surface area contributed by atoms with Gasteiger partial charge in [-0.15, -0.1) is 0 Å². The van der Waals surface area contributed by atoms with Gasteiger partial charge in [-0.1, -0.05) is 11.6 Å². The maximum atomic E-state index is 13.6. The Morgan fingerprint density at radius 3 is 3.00 bits per heavy atom. The molecule has 0 saturated carbocycles. The first-order chi connectivity index (χ1) is 7.54. The Balaban J connectivity index is 2.83. The van der Waals surface area contributed by atoms with E-state index in [0.717, 1.165) is 10.6 Å². The SMILES string of the molecule is COC(=O)n1cc(Br)c2c(F)cc(Cl)nc21. The van der Waals surface area contributed by atoms with Gasteiger partial charge in [0.15, 0.2) is 5.65 Å². The monoisotopic (exact) mass is 306 g/mol. The zero-order chi connectivity index (χ0) is 11.9. The minimum atomic E-state index is -0.662. The van der Waals surface area contributed by atoms with Crippen molar-refractivity contribution in [2.75, 3.05) is 7.11 Å². The van der Waals surface area contributed by atoms with E-state index in [1.165, 1.54) is 13.3 Å². The summed E-state index contributed by atoms with van der Waals surface area (Å²) < 4.78 is 19.6. The molecule has 2 aromatic heterocycles. The summed E-state index contributed by atoms with van der Waals surface area (Å²) in [7, 11) is 1.23. The number of pyridine rings is 1. The number of rotatable bonds is 0. The highest BCUT2D eigenvalue weighted by molar-refractivity contribution is 9.10. The van der Waals surface area contributed by atoms with Crippen LogP contribution in [0.4, 0.5) is 9.18 Å². The third-order valence-electron chi connectivity index (χ3n) is 2.00. The van der Waals surface area contributed by atoms with Crippen LogP contribution in [0.1, 0.15) is 0 Å². The quantitative estimate of drug-likeness (QED) is 0.702. The molecule has 2 aromatic rings. The van der Waals surface area contributed by atoms with Gasteiger partial charge in [-0.05, 0) is 15.9 Å². The first-order valence-electron chi connectivity index (χ1n) is 4.15. The number of ether oxygens (including phenoxy) is 1. The molecule has 0 aromatic carbocycles. The highest BCUT2D eigenvalue weighted by atomic mass is 79.9. The van der Waals surface area contributed by atoms with Crippen LogP contribution in [-0.4, -0.2) is 22.8 Å². The summed E-state index contributed by atoms with van der Waals surface area (Å²) in [6.45, 7) is 0. The van der Waals surface area contributed by atoms with Gasteiger partial charge in [-0.25, -0.2) is 18.7 Å². The molecule has 84 valence electrons. The van der Waals surface area contributed by atoms with Gasteiger partial charge in [0, 0.05) is 16.7 Å². The second kappa shape index (κ2) is 4.03. The van der Waals surface area contributed by atoms with E-state index < -0.39 is 11.9 Å². The molecule has 7 heteroatoms. The van der Waals surface area contributed by atoms with Crippen LogP contribution in [0.3, 0.4) is 0 Å². The molecule has 0 unspecified atom stereocenters. The van der Waals surface area contributed by atoms with Gasteiger partial charge in [0.2, 0.25) is 0 Å². The van der Waals surface area contributed by atoms with Gasteiger partial charge in [0.25, 0.3) is 0 Å². The summed E-state index contributed by atoms with van der Waals surface area (Å²) in [5, 5.41) is 0.163. The normalized spacial score (nSPS) is 10.8. The number of hydrogen-bond donors (Lipinski definition) is 0. The Bertz CT molecular complexity index is 584. The summed E-state index contributed by atoms with van der Waals surface area (Å²) in [5.74, 6) is -0.551. The molecule has 0 atom stereocenters. The Morgan fingerprint density at radius 2 is 2.38 bits per heavy atom. The van der Waals surface area contributed by atoms with Crippen molar-refractivity contribution in [3.8, 4) is 0 Å². The maximum absolute atomic E-state index is 13.6. The van der Waals surface area contributed by atoms with E-state index in [-0.39, 0.29) is 16.2 Å². The molecule has 0 saturated heterocycles. The van der Waals surface area contributed by atoms with E-state index in [0.29, 0.717) is 4.47 Å². The lowest BCUT2D eigenvalue weighted by molar-refractivity contribution is 0.174. The molecule has 0 bridgehead atoms. The molecule has 16 heavy (non-hydrogen) atoms. The van der Waals surface area contributed by atoms with Crippen LogP contribution >= 0.6 is 27.5 Å². The van der Waals surface area contributed by atoms with Gasteiger partial charge in [-0.2, -0.15) is 0 Å². The molecular formula is C9H5BrClFN2O2. The first-order valence-corrected chi connectivity index (χ1v) is 5.32. The Morgan fingerprint density at radius 1 is 1.69 bits per heavy atom. The predicted octanol–water partition coefficient (Wildman–Crippen LogP) is 3.21. The van der Waals surface area contributed by atoms with E-state index in [1.54, 1.807) is 0 Å². The van der Waals surface area contributed by atoms with Crippen molar-refractivity contribution in [2.45, 2.75) is 0 Å². The zero-order valence-corrected chi connectivity index (χ0v) is 10.3. The Kier molecular flexibility index (Phi) is 2.86. The third kappa shape index (κ3) is 1.68. The fourth-order valence-electron chi connectivity index (χ4n) is 1.34. The second-order valence-corrected chi connectivity index (χ2v) is 4.18. The average Bonchev–Trinajstić information content (AvgIpc) is 2.54. The fraction of sp³-hybridized carbons (Fsp3) is 0.111. The summed E-state index contributed by atoms with van der Waals surface area (Å²) in [4.78, 5) is 15.3. The molecule has 2 heterocycles. The molecule has 0 aliphatic carbocycles. The van der Waals surface area contributed by atoms with E-state index in [1.807, 2.05) is 0 Å². The molecule has 0 amide bonds. The predicted molar refractivity (Wildman–Crippen MR) is 60.2 cm³/mol. The van der Waals surface area contributed by atoms with Crippen molar-refractivity contribution in [1.82, 2.24) is 9.55 Å². The molecule has 0 aliphatic heterocycles. The van der Waals surface area contributed by atoms with Crippen molar-refractivity contribution >= 4 is 44.7 Å². The van der Waals surface area contributed by atoms with Gasteiger partial charge in [0.1, 0.15) is 11.0 Å². The van der Waals surface area contributed by atoms with Gasteiger partial charge in [0.05, 0.1) is 12.5 Å². The topological polar surface area (TPSA) is 44.1 Å². The first kappa shape index (κ1) is 11.3. The molecule has 0 aliphatic rings. The smallest absolute Gasteiger partial charge is 0.419 e. The summed E-state index contributed by atoms with van der Waals surface area (Å²) in [6, 6.07) is 1.08. The third-order valence-corrected chi connectivity index (χ3v) is 2.80. The highest BCUT2D eigenvalue weighted by Gasteiger charge is 2.17. The summed E-state index contributed by atoms with van der Waals surface area (Å²) in [6.07, 6.45) is 0.716. The number of aromatic nitrogens is 2. The number of halogens is 3. The van der Waals surface area contributed by atoms with Crippen molar-refractivity contribution in [3.63, 3.8) is 0 Å². The largest absolute Gasteiger partial charge is 0.452 e. The lowest BCUT2D eigenvalue weighted by Crippen LogP contribution is -2.10. The molecule has 2 rings (SSSR count). The van der Waals surface area contributed by atoms with Crippen LogP contribution in [0.2, 0.25) is 5.15 Å². The van der Waals surface area contributed by atoms with E-state index in [2.05, 4.69) is 25.7 Å². The van der Waals surface area contributed by atoms with Gasteiger partial charge in [-0.3, -0.25) is 0 Å². The number of fused-ring (bicyclic) bond motifs is 1. The van der Waals surface area contributed by atoms with Crippen molar-refractivity contribution in [3.05, 3.63) is 27.7 Å². The van der Waals surface area contributed by atoms with Gasteiger partial charge >= 0.3 is 6.09 Å². The zero-order valence-electron chi connectivity index (χ0n) is 8.00. The number of methoxy groups -OCH3 is 1. The van der Waals surface area contributed by atoms with Crippen LogP contribution in [0.5, 0.6) is 0 Å². The lowest BCUT2D eigenvalue weighted by atomic mass is 10.3. The molecule has 0 N–H and O–H groups in total. The standard InChI is InChI=1S/C9H5BrClFN2O2/c1-16-9(15)14-3-4(10)7-5(12)2-6(11)13-8(7)14/h2-3H,1H3. The van der Waals surface area contributed by atoms with E-state index in [4.69, 9.17) is 11.6 Å². The molecule has 0 fully saturated rings. The maximum Gasteiger partial charge on any atom is 0.419 e. The fourth-order valence-corrected chi connectivity index (χ4v) is 2.09. The lowest BCUT2D eigenvalue weighted by Gasteiger charge is -2.01. The van der Waals surface area contributed by atoms with Crippen molar-refractivity contribution in [2.24, 2.45) is 0 Å². The Hall–Kier alpha value is -1.14. The van der Waals surface area contributed by atoms with Crippen LogP contribution in [-0.2, 0) is 4.74 Å². The van der Waals surface area contributed by atoms with Crippen LogP contribution < -0.4 is 0 Å². The number of nitrogens with zero attached hydrogens (tertiary/aromatic N) is 2. The number of hydrogen-bond acceptors (Lipinski definition) is 3. The summed E-state index contributed by atoms with van der Waals surface area (Å²) in [5.41, 5.74) is 0.115. The van der Waals surface area contributed by atoms with Crippen molar-refractivity contribution < 1.29 is 13.9 Å². The van der Waals surface area contributed by atoms with Gasteiger partial charge < -0.3 is 4.74 Å². The highest BCUT2D eigenvalue weighted by Crippen LogP contribution is 2.29. The molecule has 0 radical (unpaired) electrons. The average molecular weight is 308 g/mol. The van der Waals surface area contributed by atoms with Crippen LogP contribution in [0, 0.1) is 5.82 Å². The van der Waals surface area contributed by atoms with E-state index >= 15 is 0 Å².